The molecule has 25 heavy (non-hydrogen) atoms. The van der Waals surface area contributed by atoms with Crippen molar-refractivity contribution in [2.24, 2.45) is 0 Å². The second-order valence-corrected chi connectivity index (χ2v) is 7.03. The molecule has 0 radical (unpaired) electrons. The molecule has 2 N–H and O–H groups in total. The van der Waals surface area contributed by atoms with Crippen molar-refractivity contribution in [1.82, 2.24) is 20.2 Å². The number of carbonyl (C=O) groups is 1. The molecule has 1 amide bonds. The fraction of sp³-hybridized carbons (Fsp3) is 0.278. The third-order valence-corrected chi connectivity index (χ3v) is 5.02. The number of fused-ring (bicyclic) bond motifs is 1. The number of anilines is 1. The summed E-state index contributed by atoms with van der Waals surface area (Å²) in [6.07, 6.45) is 0. The van der Waals surface area contributed by atoms with Gasteiger partial charge in [0, 0.05) is 23.4 Å². The van der Waals surface area contributed by atoms with Gasteiger partial charge >= 0.3 is 0 Å². The summed E-state index contributed by atoms with van der Waals surface area (Å²) in [5.74, 6) is 1.64. The first-order chi connectivity index (χ1) is 12.3. The van der Waals surface area contributed by atoms with Crippen molar-refractivity contribution in [3.8, 4) is 0 Å². The Labute approximate surface area is 149 Å². The molecule has 0 saturated carbocycles. The van der Waals surface area contributed by atoms with E-state index < -0.39 is 0 Å². The van der Waals surface area contributed by atoms with E-state index in [4.69, 9.17) is 4.98 Å². The topological polar surface area (TPSA) is 70.2 Å². The van der Waals surface area contributed by atoms with E-state index in [0.717, 1.165) is 35.6 Å². The number of benzene rings is 1. The maximum Gasteiger partial charge on any atom is 0.234 e. The highest BCUT2D eigenvalue weighted by Crippen LogP contribution is 2.22. The number of rotatable bonds is 5. The zero-order chi connectivity index (χ0) is 17.1. The monoisotopic (exact) mass is 353 g/mol. The molecule has 0 unspecified atom stereocenters. The molecule has 2 aromatic heterocycles. The summed E-state index contributed by atoms with van der Waals surface area (Å²) >= 11 is 1.72. The van der Waals surface area contributed by atoms with Crippen LogP contribution in [0.15, 0.2) is 41.8 Å². The van der Waals surface area contributed by atoms with Crippen molar-refractivity contribution in [2.75, 3.05) is 25.0 Å². The van der Waals surface area contributed by atoms with Crippen molar-refractivity contribution >= 4 is 34.0 Å². The van der Waals surface area contributed by atoms with Gasteiger partial charge in [-0.15, -0.1) is 11.3 Å². The average molecular weight is 353 g/mol. The van der Waals surface area contributed by atoms with Crippen molar-refractivity contribution in [1.29, 1.82) is 0 Å². The normalized spacial score (nSPS) is 15.3. The van der Waals surface area contributed by atoms with E-state index in [0.29, 0.717) is 19.6 Å². The van der Waals surface area contributed by atoms with Gasteiger partial charge in [0.25, 0.3) is 0 Å². The van der Waals surface area contributed by atoms with Crippen LogP contribution in [-0.2, 0) is 17.9 Å². The Balaban J connectivity index is 1.60. The molecule has 0 aliphatic carbocycles. The van der Waals surface area contributed by atoms with Crippen LogP contribution in [0.3, 0.4) is 0 Å². The Morgan fingerprint density at radius 3 is 2.96 bits per heavy atom. The second kappa shape index (κ2) is 7.16. The van der Waals surface area contributed by atoms with E-state index in [1.807, 2.05) is 30.3 Å². The van der Waals surface area contributed by atoms with Gasteiger partial charge in [0.1, 0.15) is 11.6 Å². The lowest BCUT2D eigenvalue weighted by atomic mass is 10.2. The standard InChI is InChI=1S/C18H19N5OS/c24-17-12-23(8-7-19-17)11-16-21-15-6-2-1-5-14(15)18(22-16)20-10-13-4-3-9-25-13/h1-6,9H,7-8,10-12H2,(H,19,24)(H,20,21,22). The number of amides is 1. The first-order valence-corrected chi connectivity index (χ1v) is 9.17. The Bertz CT molecular complexity index is 880. The predicted octanol–water partition coefficient (Wildman–Crippen LogP) is 2.24. The van der Waals surface area contributed by atoms with Gasteiger partial charge in [-0.2, -0.15) is 0 Å². The Hall–Kier alpha value is -2.51. The maximum absolute atomic E-state index is 11.6. The summed E-state index contributed by atoms with van der Waals surface area (Å²) in [4.78, 5) is 24.3. The molecular formula is C18H19N5OS. The van der Waals surface area contributed by atoms with Crippen LogP contribution in [0.4, 0.5) is 5.82 Å². The summed E-state index contributed by atoms with van der Waals surface area (Å²) in [7, 11) is 0. The fourth-order valence-electron chi connectivity index (χ4n) is 2.94. The highest BCUT2D eigenvalue weighted by Gasteiger charge is 2.18. The molecule has 1 saturated heterocycles. The smallest absolute Gasteiger partial charge is 0.234 e. The van der Waals surface area contributed by atoms with E-state index in [-0.39, 0.29) is 5.91 Å². The number of thiophene rings is 1. The van der Waals surface area contributed by atoms with E-state index in [1.54, 1.807) is 11.3 Å². The molecule has 3 heterocycles. The van der Waals surface area contributed by atoms with Crippen molar-refractivity contribution < 1.29 is 4.79 Å². The first-order valence-electron chi connectivity index (χ1n) is 8.29. The quantitative estimate of drug-likeness (QED) is 0.736. The third-order valence-electron chi connectivity index (χ3n) is 4.14. The number of hydrogen-bond acceptors (Lipinski definition) is 6. The molecule has 1 aliphatic heterocycles. The molecule has 0 bridgehead atoms. The van der Waals surface area contributed by atoms with Gasteiger partial charge in [0.15, 0.2) is 0 Å². The highest BCUT2D eigenvalue weighted by molar-refractivity contribution is 7.09. The van der Waals surface area contributed by atoms with Crippen molar-refractivity contribution in [3.05, 3.63) is 52.5 Å². The molecule has 7 heteroatoms. The number of hydrogen-bond donors (Lipinski definition) is 2. The number of carbonyl (C=O) groups excluding carboxylic acids is 1. The molecule has 1 aliphatic rings. The van der Waals surface area contributed by atoms with Crippen LogP contribution in [0.25, 0.3) is 10.9 Å². The Morgan fingerprint density at radius 1 is 1.20 bits per heavy atom. The van der Waals surface area contributed by atoms with Gasteiger partial charge < -0.3 is 10.6 Å². The number of nitrogens with zero attached hydrogens (tertiary/aromatic N) is 3. The number of para-hydroxylation sites is 1. The van der Waals surface area contributed by atoms with Crippen LogP contribution >= 0.6 is 11.3 Å². The zero-order valence-corrected chi connectivity index (χ0v) is 14.6. The van der Waals surface area contributed by atoms with Gasteiger partial charge in [-0.1, -0.05) is 18.2 Å². The summed E-state index contributed by atoms with van der Waals surface area (Å²) in [5, 5.41) is 9.36. The lowest BCUT2D eigenvalue weighted by Gasteiger charge is -2.25. The number of nitrogens with one attached hydrogen (secondary N) is 2. The Morgan fingerprint density at radius 2 is 2.12 bits per heavy atom. The third kappa shape index (κ3) is 3.78. The van der Waals surface area contributed by atoms with Gasteiger partial charge in [-0.3, -0.25) is 9.69 Å². The molecule has 3 aromatic rings. The van der Waals surface area contributed by atoms with E-state index >= 15 is 0 Å². The highest BCUT2D eigenvalue weighted by atomic mass is 32.1. The fourth-order valence-corrected chi connectivity index (χ4v) is 3.59. The van der Waals surface area contributed by atoms with Crippen LogP contribution in [-0.4, -0.2) is 40.4 Å². The SMILES string of the molecule is O=C1CN(Cc2nc(NCc3cccs3)c3ccccc3n2)CCN1. The first kappa shape index (κ1) is 16.0. The molecule has 1 aromatic carbocycles. The molecular weight excluding hydrogens is 334 g/mol. The molecule has 0 atom stereocenters. The van der Waals surface area contributed by atoms with Gasteiger partial charge in [0.2, 0.25) is 5.91 Å². The van der Waals surface area contributed by atoms with E-state index in [9.17, 15) is 4.79 Å². The lowest BCUT2D eigenvalue weighted by molar-refractivity contribution is -0.124. The molecule has 1 fully saturated rings. The summed E-state index contributed by atoms with van der Waals surface area (Å²) in [6, 6.07) is 12.2. The van der Waals surface area contributed by atoms with E-state index in [1.165, 1.54) is 4.88 Å². The minimum Gasteiger partial charge on any atom is -0.365 e. The van der Waals surface area contributed by atoms with Gasteiger partial charge in [-0.25, -0.2) is 9.97 Å². The van der Waals surface area contributed by atoms with Crippen LogP contribution < -0.4 is 10.6 Å². The number of aromatic nitrogens is 2. The average Bonchev–Trinajstić information content (AvgIpc) is 3.13. The minimum atomic E-state index is 0.0584. The van der Waals surface area contributed by atoms with Gasteiger partial charge in [-0.05, 0) is 23.6 Å². The van der Waals surface area contributed by atoms with E-state index in [2.05, 4.69) is 32.0 Å². The lowest BCUT2D eigenvalue weighted by Crippen LogP contribution is -2.47. The van der Waals surface area contributed by atoms with Crippen LogP contribution in [0.5, 0.6) is 0 Å². The maximum atomic E-state index is 11.6. The van der Waals surface area contributed by atoms with Gasteiger partial charge in [0.05, 0.1) is 25.2 Å². The number of piperazine rings is 1. The van der Waals surface area contributed by atoms with Crippen molar-refractivity contribution in [2.45, 2.75) is 13.1 Å². The zero-order valence-electron chi connectivity index (χ0n) is 13.7. The Kier molecular flexibility index (Phi) is 4.58. The van der Waals surface area contributed by atoms with Crippen LogP contribution in [0, 0.1) is 0 Å². The van der Waals surface area contributed by atoms with Crippen molar-refractivity contribution in [3.63, 3.8) is 0 Å². The minimum absolute atomic E-state index is 0.0584. The molecule has 0 spiro atoms. The molecule has 4 rings (SSSR count). The molecule has 128 valence electrons. The second-order valence-electron chi connectivity index (χ2n) is 6.00. The summed E-state index contributed by atoms with van der Waals surface area (Å²) in [5.41, 5.74) is 0.919. The molecule has 6 nitrogen and oxygen atoms in total. The predicted molar refractivity (Wildman–Crippen MR) is 99.5 cm³/mol. The summed E-state index contributed by atoms with van der Waals surface area (Å²) < 4.78 is 0. The largest absolute Gasteiger partial charge is 0.365 e. The van der Waals surface area contributed by atoms with Crippen LogP contribution in [0.1, 0.15) is 10.7 Å². The summed E-state index contributed by atoms with van der Waals surface area (Å²) in [6.45, 7) is 3.21. The van der Waals surface area contributed by atoms with Crippen LogP contribution in [0.2, 0.25) is 0 Å².